The summed E-state index contributed by atoms with van der Waals surface area (Å²) in [7, 11) is 0. The van der Waals surface area contributed by atoms with Crippen molar-refractivity contribution in [2.75, 3.05) is 0 Å². The highest BCUT2D eigenvalue weighted by atomic mass is 35.5. The molecular formula is C12H13ClO2. The number of aliphatic hydroxyl groups is 1. The number of halogens is 1. The van der Waals surface area contributed by atoms with E-state index >= 15 is 0 Å². The van der Waals surface area contributed by atoms with E-state index in [0.717, 1.165) is 5.56 Å². The predicted octanol–water partition coefficient (Wildman–Crippen LogP) is 2.54. The first-order valence-electron chi connectivity index (χ1n) is 5.13. The number of carbonyl (C=O) groups is 1. The highest BCUT2D eigenvalue weighted by molar-refractivity contribution is 6.31. The maximum absolute atomic E-state index is 11.7. The molecule has 0 saturated heterocycles. The molecule has 1 aliphatic rings. The number of ketones is 1. The van der Waals surface area contributed by atoms with Gasteiger partial charge in [-0.3, -0.25) is 4.79 Å². The lowest BCUT2D eigenvalue weighted by molar-refractivity contribution is -0.124. The molecule has 0 heterocycles. The Morgan fingerprint density at radius 1 is 1.27 bits per heavy atom. The van der Waals surface area contributed by atoms with Gasteiger partial charge >= 0.3 is 0 Å². The molecule has 1 unspecified atom stereocenters. The van der Waals surface area contributed by atoms with Crippen molar-refractivity contribution in [2.24, 2.45) is 0 Å². The second-order valence-electron chi connectivity index (χ2n) is 3.98. The molecule has 1 aromatic rings. The molecule has 2 rings (SSSR count). The van der Waals surface area contributed by atoms with E-state index in [-0.39, 0.29) is 18.1 Å². The van der Waals surface area contributed by atoms with Crippen molar-refractivity contribution in [1.82, 2.24) is 0 Å². The Morgan fingerprint density at radius 3 is 2.67 bits per heavy atom. The normalized spacial score (nSPS) is 26.7. The number of benzene rings is 1. The van der Waals surface area contributed by atoms with Crippen LogP contribution in [-0.4, -0.2) is 17.0 Å². The van der Waals surface area contributed by atoms with Gasteiger partial charge in [0.2, 0.25) is 0 Å². The zero-order valence-corrected chi connectivity index (χ0v) is 9.07. The van der Waals surface area contributed by atoms with Gasteiger partial charge < -0.3 is 5.11 Å². The molecule has 80 valence electrons. The molecule has 0 aromatic heterocycles. The zero-order chi connectivity index (χ0) is 10.8. The maximum Gasteiger partial charge on any atom is 0.142 e. The predicted molar refractivity (Wildman–Crippen MR) is 59.1 cm³/mol. The Balaban J connectivity index is 2.24. The summed E-state index contributed by atoms with van der Waals surface area (Å²) in [5.74, 6) is -0.0241. The van der Waals surface area contributed by atoms with Gasteiger partial charge in [-0.15, -0.1) is 0 Å². The molecule has 15 heavy (non-hydrogen) atoms. The largest absolute Gasteiger partial charge is 0.393 e. The number of aliphatic hydroxyl groups excluding tert-OH is 1. The first-order chi connectivity index (χ1) is 7.18. The van der Waals surface area contributed by atoms with Gasteiger partial charge in [-0.1, -0.05) is 29.8 Å². The molecule has 0 amide bonds. The number of carbonyl (C=O) groups excluding carboxylic acids is 1. The minimum Gasteiger partial charge on any atom is -0.393 e. The Morgan fingerprint density at radius 2 is 2.00 bits per heavy atom. The Bertz CT molecular complexity index is 376. The molecule has 2 atom stereocenters. The summed E-state index contributed by atoms with van der Waals surface area (Å²) < 4.78 is 0. The highest BCUT2D eigenvalue weighted by Gasteiger charge is 2.29. The summed E-state index contributed by atoms with van der Waals surface area (Å²) >= 11 is 6.04. The van der Waals surface area contributed by atoms with E-state index in [0.29, 0.717) is 17.9 Å². The summed E-state index contributed by atoms with van der Waals surface area (Å²) in [6.07, 6.45) is 1.18. The van der Waals surface area contributed by atoms with Gasteiger partial charge in [0, 0.05) is 17.4 Å². The van der Waals surface area contributed by atoms with Crippen molar-refractivity contribution in [3.05, 3.63) is 34.9 Å². The van der Waals surface area contributed by atoms with Crippen molar-refractivity contribution in [2.45, 2.75) is 31.3 Å². The third kappa shape index (κ3) is 2.21. The maximum atomic E-state index is 11.7. The molecule has 1 aliphatic carbocycles. The first-order valence-corrected chi connectivity index (χ1v) is 5.51. The molecule has 2 nitrogen and oxygen atoms in total. The van der Waals surface area contributed by atoms with Crippen molar-refractivity contribution >= 4 is 17.4 Å². The Kier molecular flexibility index (Phi) is 3.08. The molecule has 1 saturated carbocycles. The monoisotopic (exact) mass is 224 g/mol. The molecule has 0 spiro atoms. The molecular weight excluding hydrogens is 212 g/mol. The van der Waals surface area contributed by atoms with E-state index in [1.807, 2.05) is 18.2 Å². The number of hydrogen-bond acceptors (Lipinski definition) is 2. The summed E-state index contributed by atoms with van der Waals surface area (Å²) in [6.45, 7) is 0. The van der Waals surface area contributed by atoms with Crippen LogP contribution in [0.1, 0.15) is 30.7 Å². The van der Waals surface area contributed by atoms with E-state index in [4.69, 9.17) is 11.6 Å². The lowest BCUT2D eigenvalue weighted by Gasteiger charge is -2.25. The van der Waals surface area contributed by atoms with Crippen molar-refractivity contribution < 1.29 is 9.90 Å². The summed E-state index contributed by atoms with van der Waals surface area (Å²) in [5.41, 5.74) is 0.899. The van der Waals surface area contributed by atoms with Crippen LogP contribution in [0.3, 0.4) is 0 Å². The van der Waals surface area contributed by atoms with E-state index in [2.05, 4.69) is 0 Å². The van der Waals surface area contributed by atoms with E-state index in [1.54, 1.807) is 6.07 Å². The summed E-state index contributed by atoms with van der Waals surface area (Å²) in [4.78, 5) is 11.7. The van der Waals surface area contributed by atoms with E-state index in [9.17, 15) is 9.90 Å². The van der Waals surface area contributed by atoms with Gasteiger partial charge in [-0.05, 0) is 24.5 Å². The van der Waals surface area contributed by atoms with Gasteiger partial charge in [0.15, 0.2) is 0 Å². The van der Waals surface area contributed by atoms with Gasteiger partial charge in [-0.25, -0.2) is 0 Å². The third-order valence-corrected chi connectivity index (χ3v) is 3.24. The SMILES string of the molecule is O=C1C[C@@H](O)CCC1c1ccccc1Cl. The van der Waals surface area contributed by atoms with Crippen molar-refractivity contribution in [3.8, 4) is 0 Å². The fourth-order valence-electron chi connectivity index (χ4n) is 2.08. The molecule has 0 bridgehead atoms. The Hall–Kier alpha value is -0.860. The van der Waals surface area contributed by atoms with Crippen LogP contribution in [0.15, 0.2) is 24.3 Å². The third-order valence-electron chi connectivity index (χ3n) is 2.89. The second kappa shape index (κ2) is 4.33. The minimum absolute atomic E-state index is 0.0989. The summed E-state index contributed by atoms with van der Waals surface area (Å²) in [6, 6.07) is 7.44. The van der Waals surface area contributed by atoms with Crippen molar-refractivity contribution in [3.63, 3.8) is 0 Å². The smallest absolute Gasteiger partial charge is 0.142 e. The van der Waals surface area contributed by atoms with Gasteiger partial charge in [0.25, 0.3) is 0 Å². The van der Waals surface area contributed by atoms with Crippen LogP contribution in [-0.2, 0) is 4.79 Å². The van der Waals surface area contributed by atoms with E-state index < -0.39 is 6.10 Å². The molecule has 1 fully saturated rings. The molecule has 1 N–H and O–H groups in total. The van der Waals surface area contributed by atoms with Crippen LogP contribution in [0.4, 0.5) is 0 Å². The lowest BCUT2D eigenvalue weighted by atomic mass is 9.82. The van der Waals surface area contributed by atoms with Crippen LogP contribution in [0.2, 0.25) is 5.02 Å². The lowest BCUT2D eigenvalue weighted by Crippen LogP contribution is -2.26. The average molecular weight is 225 g/mol. The number of hydrogen-bond donors (Lipinski definition) is 1. The summed E-state index contributed by atoms with van der Waals surface area (Å²) in [5, 5.41) is 10.0. The molecule has 1 aromatic carbocycles. The average Bonchev–Trinajstić information content (AvgIpc) is 2.20. The first kappa shape index (κ1) is 10.7. The highest BCUT2D eigenvalue weighted by Crippen LogP contribution is 2.33. The molecule has 0 aliphatic heterocycles. The second-order valence-corrected chi connectivity index (χ2v) is 4.38. The zero-order valence-electron chi connectivity index (χ0n) is 8.32. The fourth-order valence-corrected chi connectivity index (χ4v) is 2.35. The molecule has 3 heteroatoms. The van der Waals surface area contributed by atoms with Gasteiger partial charge in [0.1, 0.15) is 5.78 Å². The topological polar surface area (TPSA) is 37.3 Å². The van der Waals surface area contributed by atoms with E-state index in [1.165, 1.54) is 0 Å². The van der Waals surface area contributed by atoms with Crippen LogP contribution >= 0.6 is 11.6 Å². The van der Waals surface area contributed by atoms with Crippen molar-refractivity contribution in [1.29, 1.82) is 0 Å². The van der Waals surface area contributed by atoms with Crippen LogP contribution in [0.25, 0.3) is 0 Å². The molecule has 0 radical (unpaired) electrons. The number of Topliss-reactive ketones (excluding diaryl/α,β-unsaturated/α-hetero) is 1. The van der Waals surface area contributed by atoms with Crippen LogP contribution in [0, 0.1) is 0 Å². The van der Waals surface area contributed by atoms with Gasteiger partial charge in [-0.2, -0.15) is 0 Å². The van der Waals surface area contributed by atoms with Crippen LogP contribution < -0.4 is 0 Å². The fraction of sp³-hybridized carbons (Fsp3) is 0.417. The van der Waals surface area contributed by atoms with Gasteiger partial charge in [0.05, 0.1) is 6.10 Å². The number of rotatable bonds is 1. The standard InChI is InChI=1S/C12H13ClO2/c13-11-4-2-1-3-9(11)10-6-5-8(14)7-12(10)15/h1-4,8,10,14H,5-7H2/t8-,10?/m0/s1. The Labute approximate surface area is 93.9 Å². The quantitative estimate of drug-likeness (QED) is 0.796. The minimum atomic E-state index is -0.462. The van der Waals surface area contributed by atoms with Crippen LogP contribution in [0.5, 0.6) is 0 Å².